The number of thiophene rings is 1. The fraction of sp³-hybridized carbons (Fsp3) is 0.692. The van der Waals surface area contributed by atoms with Gasteiger partial charge in [-0.25, -0.2) is 8.42 Å². The first-order valence-corrected chi connectivity index (χ1v) is 9.00. The lowest BCUT2D eigenvalue weighted by molar-refractivity contribution is 0.0922. The van der Waals surface area contributed by atoms with Crippen LogP contribution in [0, 0.1) is 0 Å². The molecule has 1 saturated heterocycles. The molecule has 0 amide bonds. The Morgan fingerprint density at radius 3 is 2.30 bits per heavy atom. The standard InChI is InChI=1S/C13H22N2O3S2/c1-13(2,3)14-4-6-15(7-5-14)20(17,18)12-8-11(9-16)19-10-12/h8,10,16H,4-7,9H2,1-3H3. The molecule has 1 aliphatic heterocycles. The molecule has 0 bridgehead atoms. The van der Waals surface area contributed by atoms with E-state index >= 15 is 0 Å². The SMILES string of the molecule is CC(C)(C)N1CCN(S(=O)(=O)c2csc(CO)c2)CC1. The van der Waals surface area contributed by atoms with Gasteiger partial charge >= 0.3 is 0 Å². The summed E-state index contributed by atoms with van der Waals surface area (Å²) in [4.78, 5) is 3.28. The molecule has 114 valence electrons. The van der Waals surface area contributed by atoms with Crippen molar-refractivity contribution in [3.05, 3.63) is 16.3 Å². The molecule has 2 rings (SSSR count). The van der Waals surface area contributed by atoms with Crippen LogP contribution < -0.4 is 0 Å². The summed E-state index contributed by atoms with van der Waals surface area (Å²) in [6.45, 7) is 8.85. The maximum atomic E-state index is 12.5. The highest BCUT2D eigenvalue weighted by Crippen LogP contribution is 2.25. The normalized spacial score (nSPS) is 19.4. The van der Waals surface area contributed by atoms with Crippen LogP contribution in [0.2, 0.25) is 0 Å². The first kappa shape index (κ1) is 15.9. The first-order chi connectivity index (χ1) is 9.25. The summed E-state index contributed by atoms with van der Waals surface area (Å²) in [5, 5.41) is 10.7. The number of hydrogen-bond acceptors (Lipinski definition) is 5. The largest absolute Gasteiger partial charge is 0.391 e. The van der Waals surface area contributed by atoms with Crippen molar-refractivity contribution in [2.45, 2.75) is 37.8 Å². The minimum atomic E-state index is -3.41. The van der Waals surface area contributed by atoms with E-state index in [-0.39, 0.29) is 12.1 Å². The van der Waals surface area contributed by atoms with Crippen molar-refractivity contribution in [1.29, 1.82) is 0 Å². The van der Waals surface area contributed by atoms with Crippen LogP contribution in [0.5, 0.6) is 0 Å². The summed E-state index contributed by atoms with van der Waals surface area (Å²) in [6.07, 6.45) is 0. The maximum absolute atomic E-state index is 12.5. The van der Waals surface area contributed by atoms with Crippen LogP contribution in [0.25, 0.3) is 0 Å². The fourth-order valence-electron chi connectivity index (χ4n) is 2.33. The molecule has 0 unspecified atom stereocenters. The van der Waals surface area contributed by atoms with Crippen LogP contribution >= 0.6 is 11.3 Å². The Morgan fingerprint density at radius 1 is 1.25 bits per heavy atom. The van der Waals surface area contributed by atoms with Gasteiger partial charge in [-0.2, -0.15) is 4.31 Å². The van der Waals surface area contributed by atoms with Crippen molar-refractivity contribution in [2.24, 2.45) is 0 Å². The van der Waals surface area contributed by atoms with Gasteiger partial charge in [0.2, 0.25) is 10.0 Å². The Kier molecular flexibility index (Phi) is 4.56. The molecular weight excluding hydrogens is 296 g/mol. The third kappa shape index (κ3) is 3.23. The van der Waals surface area contributed by atoms with Gasteiger partial charge in [0, 0.05) is 42.0 Å². The molecule has 0 radical (unpaired) electrons. The lowest BCUT2D eigenvalue weighted by Gasteiger charge is -2.41. The van der Waals surface area contributed by atoms with Crippen LogP contribution in [0.4, 0.5) is 0 Å². The van der Waals surface area contributed by atoms with Crippen LogP contribution in [0.15, 0.2) is 16.3 Å². The van der Waals surface area contributed by atoms with Crippen molar-refractivity contribution in [3.63, 3.8) is 0 Å². The molecule has 0 spiro atoms. The van der Waals surface area contributed by atoms with E-state index in [0.29, 0.717) is 22.9 Å². The van der Waals surface area contributed by atoms with Gasteiger partial charge < -0.3 is 5.11 Å². The molecule has 1 aromatic rings. The van der Waals surface area contributed by atoms with E-state index in [0.717, 1.165) is 13.1 Å². The smallest absolute Gasteiger partial charge is 0.243 e. The second-order valence-electron chi connectivity index (χ2n) is 5.97. The van der Waals surface area contributed by atoms with E-state index in [4.69, 9.17) is 5.11 Å². The highest BCUT2D eigenvalue weighted by Gasteiger charge is 2.32. The van der Waals surface area contributed by atoms with E-state index in [1.54, 1.807) is 15.8 Å². The molecular formula is C13H22N2O3S2. The molecule has 1 aliphatic rings. The van der Waals surface area contributed by atoms with Gasteiger partial charge in [0.25, 0.3) is 0 Å². The Labute approximate surface area is 124 Å². The van der Waals surface area contributed by atoms with Crippen molar-refractivity contribution in [2.75, 3.05) is 26.2 Å². The van der Waals surface area contributed by atoms with Crippen LogP contribution in [-0.4, -0.2) is 54.4 Å². The predicted molar refractivity (Wildman–Crippen MR) is 80.3 cm³/mol. The number of rotatable bonds is 3. The van der Waals surface area contributed by atoms with Gasteiger partial charge in [-0.15, -0.1) is 11.3 Å². The summed E-state index contributed by atoms with van der Waals surface area (Å²) in [7, 11) is -3.41. The first-order valence-electron chi connectivity index (χ1n) is 6.68. The minimum absolute atomic E-state index is 0.0717. The van der Waals surface area contributed by atoms with E-state index in [9.17, 15) is 8.42 Å². The minimum Gasteiger partial charge on any atom is -0.391 e. The molecule has 7 heteroatoms. The van der Waals surface area contributed by atoms with Crippen LogP contribution in [0.3, 0.4) is 0 Å². The molecule has 1 N–H and O–H groups in total. The number of sulfonamides is 1. The van der Waals surface area contributed by atoms with Crippen LogP contribution in [-0.2, 0) is 16.6 Å². The molecule has 5 nitrogen and oxygen atoms in total. The Hall–Kier alpha value is -0.470. The Bertz CT molecular complexity index is 552. The predicted octanol–water partition coefficient (Wildman–Crippen LogP) is 1.35. The Morgan fingerprint density at radius 2 is 1.85 bits per heavy atom. The number of hydrogen-bond donors (Lipinski definition) is 1. The van der Waals surface area contributed by atoms with Gasteiger partial charge in [-0.05, 0) is 26.8 Å². The molecule has 1 fully saturated rings. The maximum Gasteiger partial charge on any atom is 0.243 e. The number of aliphatic hydroxyl groups excluding tert-OH is 1. The van der Waals surface area contributed by atoms with Gasteiger partial charge in [0.15, 0.2) is 0 Å². The molecule has 1 aromatic heterocycles. The number of piperazine rings is 1. The molecule has 0 aliphatic carbocycles. The number of nitrogens with zero attached hydrogens (tertiary/aromatic N) is 2. The zero-order valence-corrected chi connectivity index (χ0v) is 13.8. The van der Waals surface area contributed by atoms with Crippen molar-refractivity contribution < 1.29 is 13.5 Å². The van der Waals surface area contributed by atoms with Gasteiger partial charge in [-0.1, -0.05) is 0 Å². The second kappa shape index (κ2) is 5.73. The van der Waals surface area contributed by atoms with Gasteiger partial charge in [0.05, 0.1) is 11.5 Å². The fourth-order valence-corrected chi connectivity index (χ4v) is 4.87. The quantitative estimate of drug-likeness (QED) is 0.914. The molecule has 0 atom stereocenters. The van der Waals surface area contributed by atoms with E-state index in [2.05, 4.69) is 25.7 Å². The van der Waals surface area contributed by atoms with Gasteiger partial charge in [0.1, 0.15) is 0 Å². The topological polar surface area (TPSA) is 60.9 Å². The monoisotopic (exact) mass is 318 g/mol. The zero-order chi connectivity index (χ0) is 15.0. The Balaban J connectivity index is 2.09. The molecule has 2 heterocycles. The summed E-state index contributed by atoms with van der Waals surface area (Å²) >= 11 is 1.28. The van der Waals surface area contributed by atoms with Crippen molar-refractivity contribution in [3.8, 4) is 0 Å². The lowest BCUT2D eigenvalue weighted by Crippen LogP contribution is -2.54. The average molecular weight is 318 g/mol. The zero-order valence-electron chi connectivity index (χ0n) is 12.2. The van der Waals surface area contributed by atoms with Gasteiger partial charge in [-0.3, -0.25) is 4.90 Å². The summed E-state index contributed by atoms with van der Waals surface area (Å²) in [5.74, 6) is 0. The highest BCUT2D eigenvalue weighted by molar-refractivity contribution is 7.89. The molecule has 0 aromatic carbocycles. The third-order valence-electron chi connectivity index (χ3n) is 3.61. The summed E-state index contributed by atoms with van der Waals surface area (Å²) in [5.41, 5.74) is 0.0717. The van der Waals surface area contributed by atoms with Crippen molar-refractivity contribution in [1.82, 2.24) is 9.21 Å². The number of aliphatic hydroxyl groups is 1. The van der Waals surface area contributed by atoms with E-state index < -0.39 is 10.0 Å². The lowest BCUT2D eigenvalue weighted by atomic mass is 10.1. The second-order valence-corrected chi connectivity index (χ2v) is 8.90. The van der Waals surface area contributed by atoms with E-state index in [1.807, 2.05) is 0 Å². The average Bonchev–Trinajstić information content (AvgIpc) is 2.87. The summed E-state index contributed by atoms with van der Waals surface area (Å²) < 4.78 is 26.6. The molecule has 0 saturated carbocycles. The third-order valence-corrected chi connectivity index (χ3v) is 6.56. The highest BCUT2D eigenvalue weighted by atomic mass is 32.2. The van der Waals surface area contributed by atoms with Crippen LogP contribution in [0.1, 0.15) is 25.6 Å². The van der Waals surface area contributed by atoms with E-state index in [1.165, 1.54) is 11.3 Å². The molecule has 20 heavy (non-hydrogen) atoms. The van der Waals surface area contributed by atoms with Crippen molar-refractivity contribution >= 4 is 21.4 Å². The summed E-state index contributed by atoms with van der Waals surface area (Å²) in [6, 6.07) is 1.57.